The average Bonchev–Trinajstić information content (AvgIpc) is 2.77. The third-order valence-corrected chi connectivity index (χ3v) is 1.87. The first-order valence-corrected chi connectivity index (χ1v) is 3.57. The van der Waals surface area contributed by atoms with Gasteiger partial charge in [0, 0.05) is 5.56 Å². The average molecular weight is 146 g/mol. The van der Waals surface area contributed by atoms with Crippen LogP contribution in [0.2, 0.25) is 0 Å². The van der Waals surface area contributed by atoms with Crippen LogP contribution in [0.4, 0.5) is 0 Å². The fourth-order valence-corrected chi connectivity index (χ4v) is 1.25. The molecule has 2 heteroatoms. The quantitative estimate of drug-likeness (QED) is 0.520. The Morgan fingerprint density at radius 2 is 2.00 bits per heavy atom. The van der Waals surface area contributed by atoms with Crippen LogP contribution >= 0.6 is 0 Å². The van der Waals surface area contributed by atoms with Gasteiger partial charge in [0.1, 0.15) is 5.75 Å². The van der Waals surface area contributed by atoms with E-state index in [-0.39, 0.29) is 6.29 Å². The molecule has 0 bridgehead atoms. The van der Waals surface area contributed by atoms with Crippen molar-refractivity contribution in [2.24, 2.45) is 0 Å². The van der Waals surface area contributed by atoms with E-state index in [2.05, 4.69) is 0 Å². The largest absolute Gasteiger partial charge is 0.447 e. The Morgan fingerprint density at radius 1 is 1.09 bits per heavy atom. The summed E-state index contributed by atoms with van der Waals surface area (Å²) >= 11 is 0. The molecule has 2 aliphatic heterocycles. The van der Waals surface area contributed by atoms with Crippen molar-refractivity contribution in [3.63, 3.8) is 0 Å². The maximum Gasteiger partial charge on any atom is 0.299 e. The third-order valence-electron chi connectivity index (χ3n) is 1.87. The number of epoxide rings is 1. The molecule has 0 aromatic heterocycles. The van der Waals surface area contributed by atoms with Crippen LogP contribution < -0.4 is 4.74 Å². The van der Waals surface area contributed by atoms with Crippen molar-refractivity contribution in [1.82, 2.24) is 0 Å². The van der Waals surface area contributed by atoms with Crippen molar-refractivity contribution in [3.05, 3.63) is 35.6 Å². The van der Waals surface area contributed by atoms with Crippen molar-refractivity contribution in [2.75, 3.05) is 0 Å². The zero-order valence-electron chi connectivity index (χ0n) is 5.78. The van der Waals surface area contributed by atoms with E-state index in [0.29, 0.717) is 0 Å². The van der Waals surface area contributed by atoms with Crippen LogP contribution in [0, 0.1) is 0 Å². The normalized spacial score (nSPS) is 23.6. The lowest BCUT2D eigenvalue weighted by molar-refractivity contribution is 0.180. The first-order chi connectivity index (χ1) is 5.43. The van der Waals surface area contributed by atoms with Crippen molar-refractivity contribution < 1.29 is 9.47 Å². The lowest BCUT2D eigenvalue weighted by Crippen LogP contribution is -2.01. The minimum absolute atomic E-state index is 0.0788. The summed E-state index contributed by atoms with van der Waals surface area (Å²) in [7, 11) is 0. The Kier molecular flexibility index (Phi) is 0.756. The van der Waals surface area contributed by atoms with E-state index in [1.54, 1.807) is 0 Å². The standard InChI is InChI=1S/C9H6O2/c1-2-4-7-6(3-1)5-8-9(10-7)11-8/h1-5,9H. The molecular weight excluding hydrogens is 140 g/mol. The van der Waals surface area contributed by atoms with E-state index in [4.69, 9.17) is 9.47 Å². The minimum Gasteiger partial charge on any atom is -0.447 e. The molecule has 0 saturated carbocycles. The summed E-state index contributed by atoms with van der Waals surface area (Å²) in [6.07, 6.45) is 1.94. The SMILES string of the molecule is C1=C2OC2Oc2ccccc21. The van der Waals surface area contributed by atoms with E-state index < -0.39 is 0 Å². The van der Waals surface area contributed by atoms with Crippen molar-refractivity contribution >= 4 is 6.08 Å². The highest BCUT2D eigenvalue weighted by atomic mass is 16.8. The molecule has 0 radical (unpaired) electrons. The molecule has 2 heterocycles. The maximum atomic E-state index is 5.42. The molecular formula is C9H6O2. The van der Waals surface area contributed by atoms with Gasteiger partial charge in [-0.15, -0.1) is 0 Å². The lowest BCUT2D eigenvalue weighted by Gasteiger charge is -2.06. The molecule has 2 nitrogen and oxygen atoms in total. The summed E-state index contributed by atoms with van der Waals surface area (Å²) in [5.74, 6) is 1.86. The lowest BCUT2D eigenvalue weighted by atomic mass is 10.1. The zero-order valence-corrected chi connectivity index (χ0v) is 5.78. The Morgan fingerprint density at radius 3 is 3.00 bits per heavy atom. The Hall–Kier alpha value is -1.44. The summed E-state index contributed by atoms with van der Waals surface area (Å²) in [5, 5.41) is 0. The Labute approximate surface area is 64.1 Å². The number of rotatable bonds is 0. The maximum absolute atomic E-state index is 5.42. The third kappa shape index (κ3) is 0.664. The van der Waals surface area contributed by atoms with Crippen LogP contribution in [0.3, 0.4) is 0 Å². The topological polar surface area (TPSA) is 21.8 Å². The van der Waals surface area contributed by atoms with Crippen LogP contribution in [0.25, 0.3) is 6.08 Å². The van der Waals surface area contributed by atoms with Gasteiger partial charge in [0.2, 0.25) is 0 Å². The molecule has 3 rings (SSSR count). The molecule has 54 valence electrons. The van der Waals surface area contributed by atoms with Gasteiger partial charge in [-0.2, -0.15) is 0 Å². The highest BCUT2D eigenvalue weighted by Gasteiger charge is 2.38. The highest BCUT2D eigenvalue weighted by molar-refractivity contribution is 5.63. The molecule has 11 heavy (non-hydrogen) atoms. The number of hydrogen-bond acceptors (Lipinski definition) is 2. The van der Waals surface area contributed by atoms with Crippen LogP contribution in [-0.2, 0) is 4.74 Å². The Bertz CT molecular complexity index is 341. The molecule has 1 aromatic carbocycles. The minimum atomic E-state index is -0.0788. The van der Waals surface area contributed by atoms with Crippen LogP contribution in [-0.4, -0.2) is 6.29 Å². The zero-order chi connectivity index (χ0) is 7.26. The second-order valence-electron chi connectivity index (χ2n) is 2.65. The summed E-state index contributed by atoms with van der Waals surface area (Å²) in [5.41, 5.74) is 1.11. The van der Waals surface area contributed by atoms with Crippen LogP contribution in [0.5, 0.6) is 5.75 Å². The van der Waals surface area contributed by atoms with E-state index in [0.717, 1.165) is 17.1 Å². The summed E-state index contributed by atoms with van der Waals surface area (Å²) in [4.78, 5) is 0. The van der Waals surface area contributed by atoms with E-state index in [1.165, 1.54) is 0 Å². The van der Waals surface area contributed by atoms with Gasteiger partial charge in [0.25, 0.3) is 6.29 Å². The molecule has 1 saturated heterocycles. The van der Waals surface area contributed by atoms with E-state index in [1.807, 2.05) is 30.3 Å². The van der Waals surface area contributed by atoms with Gasteiger partial charge in [-0.1, -0.05) is 18.2 Å². The smallest absolute Gasteiger partial charge is 0.299 e. The van der Waals surface area contributed by atoms with Crippen LogP contribution in [0.1, 0.15) is 5.56 Å². The molecule has 0 N–H and O–H groups in total. The van der Waals surface area contributed by atoms with Gasteiger partial charge < -0.3 is 9.47 Å². The van der Waals surface area contributed by atoms with Crippen molar-refractivity contribution in [3.8, 4) is 5.75 Å². The predicted octanol–water partition coefficient (Wildman–Crippen LogP) is 1.78. The fraction of sp³-hybridized carbons (Fsp3) is 0.111. The number of fused-ring (bicyclic) bond motifs is 2. The molecule has 2 aliphatic rings. The summed E-state index contributed by atoms with van der Waals surface area (Å²) in [6.45, 7) is 0. The monoisotopic (exact) mass is 146 g/mol. The van der Waals surface area contributed by atoms with Crippen molar-refractivity contribution in [2.45, 2.75) is 6.29 Å². The molecule has 0 aliphatic carbocycles. The fourth-order valence-electron chi connectivity index (χ4n) is 1.25. The molecule has 1 aromatic rings. The summed E-state index contributed by atoms with van der Waals surface area (Å²) in [6, 6.07) is 7.91. The number of benzene rings is 1. The highest BCUT2D eigenvalue weighted by Crippen LogP contribution is 2.39. The second kappa shape index (κ2) is 1.59. The summed E-state index contributed by atoms with van der Waals surface area (Å²) < 4.78 is 10.5. The van der Waals surface area contributed by atoms with Gasteiger partial charge in [-0.05, 0) is 12.1 Å². The number of para-hydroxylation sites is 1. The van der Waals surface area contributed by atoms with Gasteiger partial charge in [0.15, 0.2) is 5.76 Å². The van der Waals surface area contributed by atoms with Gasteiger partial charge in [-0.3, -0.25) is 0 Å². The first-order valence-electron chi connectivity index (χ1n) is 3.57. The first kappa shape index (κ1) is 5.24. The number of hydrogen-bond donors (Lipinski definition) is 0. The molecule has 1 atom stereocenters. The molecule has 1 fully saturated rings. The Balaban J connectivity index is 2.20. The van der Waals surface area contributed by atoms with Crippen molar-refractivity contribution in [1.29, 1.82) is 0 Å². The molecule has 0 amide bonds. The molecule has 1 unspecified atom stereocenters. The second-order valence-corrected chi connectivity index (χ2v) is 2.65. The van der Waals surface area contributed by atoms with Gasteiger partial charge >= 0.3 is 0 Å². The van der Waals surface area contributed by atoms with E-state index >= 15 is 0 Å². The van der Waals surface area contributed by atoms with Crippen LogP contribution in [0.15, 0.2) is 30.0 Å². The van der Waals surface area contributed by atoms with E-state index in [9.17, 15) is 0 Å². The van der Waals surface area contributed by atoms with Gasteiger partial charge in [0.05, 0.1) is 0 Å². The predicted molar refractivity (Wildman–Crippen MR) is 39.9 cm³/mol. The van der Waals surface area contributed by atoms with Gasteiger partial charge in [-0.25, -0.2) is 0 Å². The molecule has 0 spiro atoms. The number of ether oxygens (including phenoxy) is 2.